The summed E-state index contributed by atoms with van der Waals surface area (Å²) in [5, 5.41) is 29.1. The molecule has 0 aromatic carbocycles. The zero-order valence-corrected chi connectivity index (χ0v) is 13.7. The molecule has 1 saturated heterocycles. The standard InChI is InChI=1S/C9H19N.C6H15NO3/c1-8(2)6-5-7-9(3,4)10-8;8-4-1-7(2-5-9)3-6-10/h10H,5-7H2,1-4H3;8-10H,1-6H2. The average Bonchev–Trinajstić information content (AvgIpc) is 2.27. The molecule has 0 aromatic heterocycles. The molecule has 122 valence electrons. The van der Waals surface area contributed by atoms with Gasteiger partial charge in [0.1, 0.15) is 0 Å². The second kappa shape index (κ2) is 9.68. The Morgan fingerprint density at radius 2 is 1.15 bits per heavy atom. The van der Waals surface area contributed by atoms with E-state index in [2.05, 4.69) is 33.0 Å². The summed E-state index contributed by atoms with van der Waals surface area (Å²) < 4.78 is 0. The maximum Gasteiger partial charge on any atom is 0.0558 e. The van der Waals surface area contributed by atoms with E-state index in [-0.39, 0.29) is 19.8 Å². The number of rotatable bonds is 6. The van der Waals surface area contributed by atoms with E-state index in [1.807, 2.05) is 0 Å². The van der Waals surface area contributed by atoms with Gasteiger partial charge < -0.3 is 20.6 Å². The Hall–Kier alpha value is -0.200. The second-order valence-electron chi connectivity index (χ2n) is 6.76. The van der Waals surface area contributed by atoms with Crippen molar-refractivity contribution in [2.24, 2.45) is 0 Å². The number of nitrogens with zero attached hydrogens (tertiary/aromatic N) is 1. The Bertz CT molecular complexity index is 217. The first kappa shape index (κ1) is 19.8. The van der Waals surface area contributed by atoms with Gasteiger partial charge >= 0.3 is 0 Å². The van der Waals surface area contributed by atoms with Gasteiger partial charge in [-0.05, 0) is 47.0 Å². The lowest BCUT2D eigenvalue weighted by atomic mass is 9.83. The zero-order valence-electron chi connectivity index (χ0n) is 13.7. The van der Waals surface area contributed by atoms with Crippen molar-refractivity contribution in [2.45, 2.75) is 58.0 Å². The molecule has 0 radical (unpaired) electrons. The van der Waals surface area contributed by atoms with Gasteiger partial charge in [-0.1, -0.05) is 0 Å². The van der Waals surface area contributed by atoms with Crippen molar-refractivity contribution in [3.63, 3.8) is 0 Å². The van der Waals surface area contributed by atoms with E-state index in [0.29, 0.717) is 30.7 Å². The maximum absolute atomic E-state index is 8.48. The van der Waals surface area contributed by atoms with Crippen molar-refractivity contribution in [3.05, 3.63) is 0 Å². The van der Waals surface area contributed by atoms with E-state index in [1.54, 1.807) is 4.90 Å². The highest BCUT2D eigenvalue weighted by molar-refractivity contribution is 4.92. The third kappa shape index (κ3) is 9.66. The highest BCUT2D eigenvalue weighted by atomic mass is 16.3. The zero-order chi connectivity index (χ0) is 15.6. The molecule has 1 aliphatic heterocycles. The minimum absolute atomic E-state index is 0.0694. The van der Waals surface area contributed by atoms with Crippen molar-refractivity contribution in [2.75, 3.05) is 39.5 Å². The van der Waals surface area contributed by atoms with Crippen LogP contribution >= 0.6 is 0 Å². The van der Waals surface area contributed by atoms with Crippen LogP contribution in [0.1, 0.15) is 47.0 Å². The Kier molecular flexibility index (Phi) is 9.59. The molecule has 4 N–H and O–H groups in total. The number of hydrogen-bond acceptors (Lipinski definition) is 5. The van der Waals surface area contributed by atoms with E-state index in [1.165, 1.54) is 19.3 Å². The van der Waals surface area contributed by atoms with E-state index < -0.39 is 0 Å². The summed E-state index contributed by atoms with van der Waals surface area (Å²) in [5.41, 5.74) is 0.726. The topological polar surface area (TPSA) is 76.0 Å². The van der Waals surface area contributed by atoms with Crippen molar-refractivity contribution in [1.29, 1.82) is 0 Å². The van der Waals surface area contributed by atoms with E-state index in [0.717, 1.165) is 0 Å². The van der Waals surface area contributed by atoms with Crippen LogP contribution in [0.15, 0.2) is 0 Å². The molecule has 1 heterocycles. The number of aliphatic hydroxyl groups is 3. The predicted molar refractivity (Wildman–Crippen MR) is 82.8 cm³/mol. The fraction of sp³-hybridized carbons (Fsp3) is 1.00. The van der Waals surface area contributed by atoms with Crippen LogP contribution in [0.3, 0.4) is 0 Å². The fourth-order valence-electron chi connectivity index (χ4n) is 2.77. The summed E-state index contributed by atoms with van der Waals surface area (Å²) in [5.74, 6) is 0. The summed E-state index contributed by atoms with van der Waals surface area (Å²) in [6, 6.07) is 0. The maximum atomic E-state index is 8.48. The van der Waals surface area contributed by atoms with Gasteiger partial charge in [0.25, 0.3) is 0 Å². The van der Waals surface area contributed by atoms with Gasteiger partial charge in [0, 0.05) is 30.7 Å². The monoisotopic (exact) mass is 290 g/mol. The number of piperidine rings is 1. The highest BCUT2D eigenvalue weighted by Crippen LogP contribution is 2.27. The van der Waals surface area contributed by atoms with Crippen molar-refractivity contribution in [3.8, 4) is 0 Å². The third-order valence-electron chi connectivity index (χ3n) is 3.53. The first-order valence-corrected chi connectivity index (χ1v) is 7.60. The first-order valence-electron chi connectivity index (χ1n) is 7.60. The van der Waals surface area contributed by atoms with Gasteiger partial charge in [-0.15, -0.1) is 0 Å². The molecule has 0 amide bonds. The molecule has 1 aliphatic rings. The molecule has 20 heavy (non-hydrogen) atoms. The van der Waals surface area contributed by atoms with Crippen LogP contribution in [0.4, 0.5) is 0 Å². The molecule has 0 unspecified atom stereocenters. The van der Waals surface area contributed by atoms with E-state index >= 15 is 0 Å². The van der Waals surface area contributed by atoms with E-state index in [9.17, 15) is 0 Å². The lowest BCUT2D eigenvalue weighted by Gasteiger charge is -2.42. The van der Waals surface area contributed by atoms with Crippen molar-refractivity contribution >= 4 is 0 Å². The second-order valence-corrected chi connectivity index (χ2v) is 6.76. The van der Waals surface area contributed by atoms with Gasteiger partial charge in [-0.3, -0.25) is 4.90 Å². The molecule has 0 aromatic rings. The lowest BCUT2D eigenvalue weighted by Crippen LogP contribution is -2.55. The molecule has 0 spiro atoms. The molecule has 1 fully saturated rings. The normalized spacial score (nSPS) is 20.4. The summed E-state index contributed by atoms with van der Waals surface area (Å²) in [6.45, 7) is 10.9. The Morgan fingerprint density at radius 1 is 0.800 bits per heavy atom. The molecule has 0 bridgehead atoms. The Morgan fingerprint density at radius 3 is 1.35 bits per heavy atom. The SMILES string of the molecule is CC1(C)CCCC(C)(C)N1.OCCN(CCO)CCO. The highest BCUT2D eigenvalue weighted by Gasteiger charge is 2.31. The minimum Gasteiger partial charge on any atom is -0.395 e. The molecule has 0 saturated carbocycles. The van der Waals surface area contributed by atoms with Crippen LogP contribution in [0.2, 0.25) is 0 Å². The molecular formula is C15H34N2O3. The number of hydrogen-bond donors (Lipinski definition) is 4. The Balaban J connectivity index is 0.000000361. The van der Waals surface area contributed by atoms with Gasteiger partial charge in [0.2, 0.25) is 0 Å². The lowest BCUT2D eigenvalue weighted by molar-refractivity contribution is 0.136. The van der Waals surface area contributed by atoms with Crippen molar-refractivity contribution < 1.29 is 15.3 Å². The molecule has 0 aliphatic carbocycles. The van der Waals surface area contributed by atoms with Gasteiger partial charge in [0.15, 0.2) is 0 Å². The fourth-order valence-corrected chi connectivity index (χ4v) is 2.77. The summed E-state index contributed by atoms with van der Waals surface area (Å²) >= 11 is 0. The first-order chi connectivity index (χ1) is 9.26. The predicted octanol–water partition coefficient (Wildman–Crippen LogP) is 0.582. The molecular weight excluding hydrogens is 256 g/mol. The minimum atomic E-state index is 0.0694. The third-order valence-corrected chi connectivity index (χ3v) is 3.53. The Labute approximate surface area is 124 Å². The van der Waals surface area contributed by atoms with Gasteiger partial charge in [-0.25, -0.2) is 0 Å². The quantitative estimate of drug-likeness (QED) is 0.576. The summed E-state index contributed by atoms with van der Waals surface area (Å²) in [4.78, 5) is 1.79. The molecule has 5 nitrogen and oxygen atoms in total. The molecule has 0 atom stereocenters. The summed E-state index contributed by atoms with van der Waals surface area (Å²) in [6.07, 6.45) is 4.00. The van der Waals surface area contributed by atoms with Crippen LogP contribution in [-0.2, 0) is 0 Å². The van der Waals surface area contributed by atoms with Crippen LogP contribution in [0, 0.1) is 0 Å². The number of nitrogens with one attached hydrogen (secondary N) is 1. The largest absolute Gasteiger partial charge is 0.395 e. The smallest absolute Gasteiger partial charge is 0.0558 e. The molecule has 1 rings (SSSR count). The average molecular weight is 290 g/mol. The summed E-state index contributed by atoms with van der Waals surface area (Å²) in [7, 11) is 0. The van der Waals surface area contributed by atoms with E-state index in [4.69, 9.17) is 15.3 Å². The van der Waals surface area contributed by atoms with Gasteiger partial charge in [-0.2, -0.15) is 0 Å². The van der Waals surface area contributed by atoms with Gasteiger partial charge in [0.05, 0.1) is 19.8 Å². The van der Waals surface area contributed by atoms with Crippen LogP contribution in [-0.4, -0.2) is 70.8 Å². The van der Waals surface area contributed by atoms with Crippen molar-refractivity contribution in [1.82, 2.24) is 10.2 Å². The van der Waals surface area contributed by atoms with Crippen LogP contribution in [0.5, 0.6) is 0 Å². The number of aliphatic hydroxyl groups excluding tert-OH is 3. The van der Waals surface area contributed by atoms with Crippen LogP contribution < -0.4 is 5.32 Å². The van der Waals surface area contributed by atoms with Crippen LogP contribution in [0.25, 0.3) is 0 Å². The molecule has 5 heteroatoms.